The standard InChI is InChI=1S/C22H33N3O3/c1-2-3-4-5-6-7-8-9-10-17-11-12-19-20(15-17)28-21(24-19)23-18-13-14-25(16-18)22(26)27/h11-12,15,18H,2-10,13-14,16H2,1H3,(H,23,24)(H,26,27). The van der Waals surface area contributed by atoms with Gasteiger partial charge in [-0.2, -0.15) is 4.98 Å². The lowest BCUT2D eigenvalue weighted by Crippen LogP contribution is -2.30. The van der Waals surface area contributed by atoms with E-state index < -0.39 is 6.09 Å². The van der Waals surface area contributed by atoms with Crippen LogP contribution in [0.25, 0.3) is 11.1 Å². The number of nitrogens with zero attached hydrogens (tertiary/aromatic N) is 2. The van der Waals surface area contributed by atoms with Crippen molar-refractivity contribution in [2.45, 2.75) is 77.2 Å². The number of hydrogen-bond donors (Lipinski definition) is 2. The van der Waals surface area contributed by atoms with Gasteiger partial charge in [0.2, 0.25) is 0 Å². The monoisotopic (exact) mass is 387 g/mol. The van der Waals surface area contributed by atoms with Crippen LogP contribution >= 0.6 is 0 Å². The van der Waals surface area contributed by atoms with E-state index in [2.05, 4.69) is 29.4 Å². The number of carboxylic acid groups (broad SMARTS) is 1. The molecule has 0 saturated carbocycles. The van der Waals surface area contributed by atoms with Crippen LogP contribution in [-0.2, 0) is 6.42 Å². The first-order chi connectivity index (χ1) is 13.7. The van der Waals surface area contributed by atoms with Crippen molar-refractivity contribution >= 4 is 23.2 Å². The minimum atomic E-state index is -0.868. The van der Waals surface area contributed by atoms with Gasteiger partial charge in [0.25, 0.3) is 6.01 Å². The first kappa shape index (κ1) is 20.5. The van der Waals surface area contributed by atoms with Crippen molar-refractivity contribution in [3.05, 3.63) is 23.8 Å². The Morgan fingerprint density at radius 3 is 2.68 bits per heavy atom. The number of aromatic nitrogens is 1. The Hall–Kier alpha value is -2.24. The molecule has 2 heterocycles. The fraction of sp³-hybridized carbons (Fsp3) is 0.636. The number of carbonyl (C=O) groups is 1. The van der Waals surface area contributed by atoms with E-state index in [0.717, 1.165) is 23.9 Å². The Labute approximate surface area is 167 Å². The molecular formula is C22H33N3O3. The summed E-state index contributed by atoms with van der Waals surface area (Å²) in [5.41, 5.74) is 2.93. The maximum Gasteiger partial charge on any atom is 0.407 e. The molecule has 1 atom stereocenters. The molecule has 28 heavy (non-hydrogen) atoms. The molecule has 0 spiro atoms. The topological polar surface area (TPSA) is 78.6 Å². The summed E-state index contributed by atoms with van der Waals surface area (Å²) >= 11 is 0. The van der Waals surface area contributed by atoms with E-state index in [-0.39, 0.29) is 6.04 Å². The number of nitrogens with one attached hydrogen (secondary N) is 1. The van der Waals surface area contributed by atoms with Gasteiger partial charge in [0, 0.05) is 19.1 Å². The molecule has 6 heteroatoms. The Morgan fingerprint density at radius 1 is 1.21 bits per heavy atom. The summed E-state index contributed by atoms with van der Waals surface area (Å²) < 4.78 is 5.86. The Kier molecular flexibility index (Phi) is 7.57. The highest BCUT2D eigenvalue weighted by Crippen LogP contribution is 2.23. The summed E-state index contributed by atoms with van der Waals surface area (Å²) in [6.07, 6.45) is 11.6. The van der Waals surface area contributed by atoms with Gasteiger partial charge in [-0.25, -0.2) is 4.79 Å². The minimum absolute atomic E-state index is 0.0564. The van der Waals surface area contributed by atoms with Gasteiger partial charge in [0.15, 0.2) is 5.58 Å². The van der Waals surface area contributed by atoms with Crippen molar-refractivity contribution < 1.29 is 14.3 Å². The van der Waals surface area contributed by atoms with Crippen LogP contribution in [0.3, 0.4) is 0 Å². The van der Waals surface area contributed by atoms with Gasteiger partial charge < -0.3 is 19.7 Å². The molecule has 1 aliphatic heterocycles. The Bertz CT molecular complexity index is 759. The first-order valence-corrected chi connectivity index (χ1v) is 10.8. The molecule has 1 aromatic carbocycles. The van der Waals surface area contributed by atoms with Crippen LogP contribution in [-0.4, -0.2) is 40.2 Å². The van der Waals surface area contributed by atoms with Crippen LogP contribution in [0.5, 0.6) is 0 Å². The number of hydrogen-bond acceptors (Lipinski definition) is 4. The molecule has 0 bridgehead atoms. The second kappa shape index (κ2) is 10.3. The number of unbranched alkanes of at least 4 members (excludes halogenated alkanes) is 7. The quantitative estimate of drug-likeness (QED) is 0.485. The largest absolute Gasteiger partial charge is 0.465 e. The van der Waals surface area contributed by atoms with E-state index in [9.17, 15) is 4.79 Å². The highest BCUT2D eigenvalue weighted by Gasteiger charge is 2.26. The molecule has 3 rings (SSSR count). The minimum Gasteiger partial charge on any atom is -0.465 e. The number of likely N-dealkylation sites (tertiary alicyclic amines) is 1. The molecule has 0 aliphatic carbocycles. The van der Waals surface area contributed by atoms with Crippen molar-refractivity contribution in [2.75, 3.05) is 18.4 Å². The number of benzene rings is 1. The average molecular weight is 388 g/mol. The third-order valence-corrected chi connectivity index (χ3v) is 5.56. The SMILES string of the molecule is CCCCCCCCCCc1ccc2nc(NC3CCN(C(=O)O)C3)oc2c1. The van der Waals surface area contributed by atoms with Gasteiger partial charge in [-0.1, -0.05) is 57.9 Å². The highest BCUT2D eigenvalue weighted by molar-refractivity contribution is 5.75. The predicted molar refractivity (Wildman–Crippen MR) is 112 cm³/mol. The third-order valence-electron chi connectivity index (χ3n) is 5.56. The number of aryl methyl sites for hydroxylation is 1. The zero-order valence-electron chi connectivity index (χ0n) is 17.0. The molecule has 6 nitrogen and oxygen atoms in total. The van der Waals surface area contributed by atoms with Crippen LogP contribution in [0.1, 0.15) is 70.3 Å². The van der Waals surface area contributed by atoms with Gasteiger partial charge in [0.05, 0.1) is 0 Å². The fourth-order valence-corrected chi connectivity index (χ4v) is 3.88. The maximum absolute atomic E-state index is 11.0. The van der Waals surface area contributed by atoms with E-state index in [1.165, 1.54) is 61.8 Å². The summed E-state index contributed by atoms with van der Waals surface area (Å²) in [5.74, 6) is 0. The smallest absolute Gasteiger partial charge is 0.407 e. The molecule has 1 unspecified atom stereocenters. The van der Waals surface area contributed by atoms with Gasteiger partial charge >= 0.3 is 6.09 Å². The molecule has 1 amide bonds. The molecular weight excluding hydrogens is 354 g/mol. The van der Waals surface area contributed by atoms with Gasteiger partial charge in [-0.05, 0) is 37.0 Å². The summed E-state index contributed by atoms with van der Waals surface area (Å²) in [4.78, 5) is 16.9. The van der Waals surface area contributed by atoms with E-state index in [1.54, 1.807) is 0 Å². The lowest BCUT2D eigenvalue weighted by atomic mass is 10.0. The average Bonchev–Trinajstić information content (AvgIpc) is 3.30. The molecule has 0 radical (unpaired) electrons. The summed E-state index contributed by atoms with van der Waals surface area (Å²) in [6, 6.07) is 6.78. The summed E-state index contributed by atoms with van der Waals surface area (Å²) in [5, 5.41) is 12.3. The van der Waals surface area contributed by atoms with Crippen molar-refractivity contribution in [2.24, 2.45) is 0 Å². The molecule has 1 fully saturated rings. The van der Waals surface area contributed by atoms with Crippen LogP contribution in [0.2, 0.25) is 0 Å². The zero-order valence-corrected chi connectivity index (χ0v) is 17.0. The molecule has 154 valence electrons. The molecule has 2 aromatic rings. The second-order valence-electron chi connectivity index (χ2n) is 7.90. The molecule has 2 N–H and O–H groups in total. The molecule has 1 aliphatic rings. The Morgan fingerprint density at radius 2 is 1.96 bits per heavy atom. The number of amides is 1. The van der Waals surface area contributed by atoms with E-state index in [0.29, 0.717) is 19.1 Å². The van der Waals surface area contributed by atoms with E-state index in [4.69, 9.17) is 9.52 Å². The van der Waals surface area contributed by atoms with Crippen LogP contribution in [0, 0.1) is 0 Å². The highest BCUT2D eigenvalue weighted by atomic mass is 16.4. The van der Waals surface area contributed by atoms with Crippen molar-refractivity contribution in [3.63, 3.8) is 0 Å². The van der Waals surface area contributed by atoms with Gasteiger partial charge in [-0.15, -0.1) is 0 Å². The van der Waals surface area contributed by atoms with Crippen LogP contribution in [0.4, 0.5) is 10.8 Å². The van der Waals surface area contributed by atoms with Crippen molar-refractivity contribution in [1.82, 2.24) is 9.88 Å². The lowest BCUT2D eigenvalue weighted by molar-refractivity contribution is 0.155. The predicted octanol–water partition coefficient (Wildman–Crippen LogP) is 5.68. The first-order valence-electron chi connectivity index (χ1n) is 10.8. The number of rotatable bonds is 11. The van der Waals surface area contributed by atoms with Crippen LogP contribution < -0.4 is 5.32 Å². The van der Waals surface area contributed by atoms with E-state index in [1.807, 2.05) is 6.07 Å². The molecule has 1 saturated heterocycles. The maximum atomic E-state index is 11.0. The lowest BCUT2D eigenvalue weighted by Gasteiger charge is -2.12. The molecule has 1 aromatic heterocycles. The summed E-state index contributed by atoms with van der Waals surface area (Å²) in [6.45, 7) is 3.28. The van der Waals surface area contributed by atoms with Crippen molar-refractivity contribution in [1.29, 1.82) is 0 Å². The van der Waals surface area contributed by atoms with Crippen molar-refractivity contribution in [3.8, 4) is 0 Å². The van der Waals surface area contributed by atoms with Gasteiger partial charge in [-0.3, -0.25) is 0 Å². The number of anilines is 1. The summed E-state index contributed by atoms with van der Waals surface area (Å²) in [7, 11) is 0. The Balaban J connectivity index is 1.43. The number of fused-ring (bicyclic) bond motifs is 1. The normalized spacial score (nSPS) is 16.8. The number of oxazole rings is 1. The third kappa shape index (κ3) is 5.88. The van der Waals surface area contributed by atoms with Crippen LogP contribution in [0.15, 0.2) is 22.6 Å². The second-order valence-corrected chi connectivity index (χ2v) is 7.90. The fourth-order valence-electron chi connectivity index (χ4n) is 3.88. The van der Waals surface area contributed by atoms with Gasteiger partial charge in [0.1, 0.15) is 5.52 Å². The zero-order chi connectivity index (χ0) is 19.8. The van der Waals surface area contributed by atoms with E-state index >= 15 is 0 Å².